The average Bonchev–Trinajstić information content (AvgIpc) is 3.77. The van der Waals surface area contributed by atoms with Gasteiger partial charge in [0.25, 0.3) is 0 Å². The maximum atomic E-state index is 12.3. The molecule has 9 aromatic rings. The normalized spacial score (nSPS) is 13.1. The number of para-hydroxylation sites is 1. The predicted octanol–water partition coefficient (Wildman–Crippen LogP) is 15.2. The molecule has 320 valence electrons. The van der Waals surface area contributed by atoms with E-state index < -0.39 is 0 Å². The first-order chi connectivity index (χ1) is 30.2. The molecule has 0 fully saturated rings. The maximum absolute atomic E-state index is 12.3. The van der Waals surface area contributed by atoms with Crippen LogP contribution in [0, 0.1) is 6.07 Å². The Balaban J connectivity index is 0.00000518. The van der Waals surface area contributed by atoms with E-state index in [0.717, 1.165) is 72.5 Å². The molecule has 1 N–H and O–H groups in total. The summed E-state index contributed by atoms with van der Waals surface area (Å²) in [5.74, 6) is 0.873. The number of phenols is 1. The van der Waals surface area contributed by atoms with Crippen LogP contribution in [0.3, 0.4) is 0 Å². The molecule has 4 nitrogen and oxygen atoms in total. The molecule has 1 aliphatic rings. The van der Waals surface area contributed by atoms with Crippen LogP contribution >= 0.6 is 0 Å². The first-order valence-electron chi connectivity index (χ1n) is 22.0. The van der Waals surface area contributed by atoms with E-state index in [9.17, 15) is 5.11 Å². The zero-order valence-electron chi connectivity index (χ0n) is 37.7. The number of benzene rings is 7. The number of phenolic OH excluding ortho intramolecular Hbond substituents is 1. The van der Waals surface area contributed by atoms with Crippen LogP contribution in [-0.2, 0) is 37.3 Å². The Bertz CT molecular complexity index is 3220. The molecular formula is C59H52N3OPt-. The van der Waals surface area contributed by atoms with Gasteiger partial charge in [-0.3, -0.25) is 9.55 Å². The van der Waals surface area contributed by atoms with Crippen LogP contribution in [0.4, 0.5) is 0 Å². The van der Waals surface area contributed by atoms with Gasteiger partial charge in [-0.15, -0.1) is 29.3 Å². The molecule has 0 spiro atoms. The SMILES string of the molecule is CC(C)(C)c1cc(-c2cc(-c3ccccc3)ccn2)[c-]c(-c2cccc3c2nc(-c2cc4c(cc2O)C(C)(C)c2ccccc2-4)n3-c2ccc(C(C)(C)C)cc2-c2ccccc2)c1.[Pt]. The summed E-state index contributed by atoms with van der Waals surface area (Å²) < 4.78 is 2.26. The van der Waals surface area contributed by atoms with Gasteiger partial charge in [0.1, 0.15) is 11.6 Å². The van der Waals surface area contributed by atoms with Crippen LogP contribution in [0.1, 0.15) is 77.6 Å². The fraction of sp³-hybridized carbons (Fsp3) is 0.186. The van der Waals surface area contributed by atoms with E-state index in [1.807, 2.05) is 18.3 Å². The number of hydrogen-bond donors (Lipinski definition) is 1. The standard InChI is InChI=1S/C59H52N3O.Pt/c1-57(2,3)42-26-27-52(46(34-42)38-20-13-10-14-21-38)62-53-25-17-23-44(55(53)61-56(62)48-35-47-45-22-15-16-24-49(45)59(7,8)50(47)36-54(48)63)40-30-41(32-43(31-40)58(4,5)6)51-33-39(28-29-60-51)37-18-11-9-12-19-37;/h9-29,31-36,63H,1-8H3;/q-1;. The monoisotopic (exact) mass is 1010 g/mol. The average molecular weight is 1010 g/mol. The Kier molecular flexibility index (Phi) is 10.7. The summed E-state index contributed by atoms with van der Waals surface area (Å²) in [6, 6.07) is 59.6. The summed E-state index contributed by atoms with van der Waals surface area (Å²) in [5, 5.41) is 12.3. The molecule has 0 unspecified atom stereocenters. The van der Waals surface area contributed by atoms with Gasteiger partial charge in [0.15, 0.2) is 0 Å². The maximum Gasteiger partial charge on any atom is 0.148 e. The summed E-state index contributed by atoms with van der Waals surface area (Å²) >= 11 is 0. The van der Waals surface area contributed by atoms with Crippen LogP contribution in [0.2, 0.25) is 0 Å². The van der Waals surface area contributed by atoms with Crippen molar-refractivity contribution >= 4 is 11.0 Å². The quantitative estimate of drug-likeness (QED) is 0.169. The van der Waals surface area contributed by atoms with Crippen molar-refractivity contribution in [1.29, 1.82) is 0 Å². The van der Waals surface area contributed by atoms with Crippen LogP contribution in [-0.4, -0.2) is 19.6 Å². The fourth-order valence-corrected chi connectivity index (χ4v) is 9.38. The molecule has 5 heteroatoms. The van der Waals surface area contributed by atoms with Crippen molar-refractivity contribution in [3.63, 3.8) is 0 Å². The minimum absolute atomic E-state index is 0. The Hall–Kier alpha value is -6.35. The van der Waals surface area contributed by atoms with Gasteiger partial charge in [-0.05, 0) is 91.7 Å². The van der Waals surface area contributed by atoms with E-state index in [1.54, 1.807) is 0 Å². The molecule has 10 rings (SSSR count). The Morgan fingerprint density at radius 3 is 1.91 bits per heavy atom. The van der Waals surface area contributed by atoms with E-state index >= 15 is 0 Å². The number of fused-ring (bicyclic) bond motifs is 4. The first-order valence-corrected chi connectivity index (χ1v) is 22.0. The number of rotatable bonds is 6. The second kappa shape index (κ2) is 16.0. The topological polar surface area (TPSA) is 50.9 Å². The second-order valence-electron chi connectivity index (χ2n) is 19.6. The molecule has 0 saturated heterocycles. The molecule has 0 bridgehead atoms. The van der Waals surface area contributed by atoms with Gasteiger partial charge in [-0.2, -0.15) is 0 Å². The van der Waals surface area contributed by atoms with Crippen molar-refractivity contribution in [3.05, 3.63) is 192 Å². The van der Waals surface area contributed by atoms with Crippen molar-refractivity contribution in [3.8, 4) is 78.6 Å². The molecule has 0 saturated carbocycles. The second-order valence-corrected chi connectivity index (χ2v) is 19.6. The van der Waals surface area contributed by atoms with E-state index in [0.29, 0.717) is 11.4 Å². The minimum atomic E-state index is -0.264. The van der Waals surface area contributed by atoms with Crippen LogP contribution in [0.5, 0.6) is 5.75 Å². The van der Waals surface area contributed by atoms with Gasteiger partial charge < -0.3 is 5.11 Å². The molecule has 0 amide bonds. The van der Waals surface area contributed by atoms with Gasteiger partial charge in [0, 0.05) is 43.9 Å². The van der Waals surface area contributed by atoms with E-state index in [-0.39, 0.29) is 43.1 Å². The largest absolute Gasteiger partial charge is 0.507 e. The van der Waals surface area contributed by atoms with Crippen molar-refractivity contribution in [1.82, 2.24) is 14.5 Å². The zero-order chi connectivity index (χ0) is 43.8. The number of nitrogens with zero attached hydrogens (tertiary/aromatic N) is 3. The molecule has 64 heavy (non-hydrogen) atoms. The summed E-state index contributed by atoms with van der Waals surface area (Å²) in [6.07, 6.45) is 1.89. The van der Waals surface area contributed by atoms with Crippen LogP contribution in [0.25, 0.3) is 83.9 Å². The van der Waals surface area contributed by atoms with E-state index in [2.05, 4.69) is 212 Å². The van der Waals surface area contributed by atoms with Gasteiger partial charge >= 0.3 is 0 Å². The third-order valence-electron chi connectivity index (χ3n) is 13.0. The van der Waals surface area contributed by atoms with Crippen LogP contribution < -0.4 is 0 Å². The summed E-state index contributed by atoms with van der Waals surface area (Å²) in [5.41, 5.74) is 18.1. The molecule has 2 heterocycles. The van der Waals surface area contributed by atoms with Crippen molar-refractivity contribution < 1.29 is 26.2 Å². The van der Waals surface area contributed by atoms with Crippen molar-refractivity contribution in [2.45, 2.75) is 71.6 Å². The molecule has 0 radical (unpaired) electrons. The molecule has 0 atom stereocenters. The molecule has 1 aliphatic carbocycles. The van der Waals surface area contributed by atoms with Crippen molar-refractivity contribution in [2.75, 3.05) is 0 Å². The third-order valence-corrected chi connectivity index (χ3v) is 13.0. The minimum Gasteiger partial charge on any atom is -0.507 e. The Labute approximate surface area is 392 Å². The van der Waals surface area contributed by atoms with E-state index in [1.165, 1.54) is 22.3 Å². The fourth-order valence-electron chi connectivity index (χ4n) is 9.38. The van der Waals surface area contributed by atoms with Gasteiger partial charge in [-0.1, -0.05) is 176 Å². The van der Waals surface area contributed by atoms with Crippen LogP contribution in [0.15, 0.2) is 164 Å². The molecular weight excluding hydrogens is 962 g/mol. The Morgan fingerprint density at radius 2 is 1.19 bits per heavy atom. The zero-order valence-corrected chi connectivity index (χ0v) is 40.0. The van der Waals surface area contributed by atoms with Gasteiger partial charge in [0.05, 0.1) is 22.3 Å². The van der Waals surface area contributed by atoms with Crippen molar-refractivity contribution in [2.24, 2.45) is 0 Å². The van der Waals surface area contributed by atoms with E-state index in [4.69, 9.17) is 9.97 Å². The first kappa shape index (κ1) is 42.9. The summed E-state index contributed by atoms with van der Waals surface area (Å²) in [4.78, 5) is 10.5. The number of aromatic nitrogens is 3. The van der Waals surface area contributed by atoms with Gasteiger partial charge in [0.2, 0.25) is 0 Å². The summed E-state index contributed by atoms with van der Waals surface area (Å²) in [7, 11) is 0. The molecule has 2 aromatic heterocycles. The Morgan fingerprint density at radius 1 is 0.531 bits per heavy atom. The third kappa shape index (κ3) is 7.42. The predicted molar refractivity (Wildman–Crippen MR) is 262 cm³/mol. The molecule has 7 aromatic carbocycles. The molecule has 0 aliphatic heterocycles. The smallest absolute Gasteiger partial charge is 0.148 e. The number of imidazole rings is 1. The number of aromatic hydroxyl groups is 1. The summed E-state index contributed by atoms with van der Waals surface area (Å²) in [6.45, 7) is 18.0. The number of hydrogen-bond acceptors (Lipinski definition) is 3. The van der Waals surface area contributed by atoms with Gasteiger partial charge in [-0.25, -0.2) is 4.98 Å². The number of pyridine rings is 1.